The van der Waals surface area contributed by atoms with Crippen LogP contribution in [0.4, 0.5) is 0 Å². The van der Waals surface area contributed by atoms with E-state index in [4.69, 9.17) is 21.1 Å². The Hall–Kier alpha value is -3.51. The Morgan fingerprint density at radius 2 is 1.61 bits per heavy atom. The number of hydrogen-bond donors (Lipinski definition) is 1. The highest BCUT2D eigenvalue weighted by Crippen LogP contribution is 2.26. The van der Waals surface area contributed by atoms with Crippen molar-refractivity contribution in [3.8, 4) is 11.5 Å². The summed E-state index contributed by atoms with van der Waals surface area (Å²) in [4.78, 5) is 28.4. The van der Waals surface area contributed by atoms with Crippen molar-refractivity contribution in [1.29, 1.82) is 0 Å². The number of aryl methyl sites for hydroxylation is 2. The molecule has 0 saturated heterocycles. The maximum Gasteiger partial charge on any atom is 0.261 e. The van der Waals surface area contributed by atoms with Crippen molar-refractivity contribution in [3.63, 3.8) is 0 Å². The van der Waals surface area contributed by atoms with Crippen LogP contribution in [0.1, 0.15) is 29.2 Å². The van der Waals surface area contributed by atoms with Gasteiger partial charge in [-0.05, 0) is 67.3 Å². The van der Waals surface area contributed by atoms with Gasteiger partial charge >= 0.3 is 0 Å². The lowest BCUT2D eigenvalue weighted by atomic mass is 10.0. The van der Waals surface area contributed by atoms with E-state index < -0.39 is 6.04 Å². The minimum absolute atomic E-state index is 0.212. The number of amides is 2. The molecule has 0 heterocycles. The predicted molar refractivity (Wildman–Crippen MR) is 143 cm³/mol. The topological polar surface area (TPSA) is 67.9 Å². The first-order chi connectivity index (χ1) is 17.3. The summed E-state index contributed by atoms with van der Waals surface area (Å²) in [5, 5.41) is 3.57. The molecular formula is C29H33ClN2O4. The van der Waals surface area contributed by atoms with Gasteiger partial charge in [-0.1, -0.05) is 54.1 Å². The zero-order chi connectivity index (χ0) is 26.1. The fourth-order valence-corrected chi connectivity index (χ4v) is 4.14. The first kappa shape index (κ1) is 27.1. The number of ether oxygens (including phenoxy) is 2. The molecule has 3 aromatic rings. The molecule has 0 bridgehead atoms. The molecule has 36 heavy (non-hydrogen) atoms. The zero-order valence-corrected chi connectivity index (χ0v) is 22.0. The molecule has 0 aromatic heterocycles. The molecule has 190 valence electrons. The molecule has 0 aliphatic rings. The summed E-state index contributed by atoms with van der Waals surface area (Å²) in [6.07, 6.45) is 0.377. The van der Waals surface area contributed by atoms with E-state index >= 15 is 0 Å². The molecule has 0 aliphatic heterocycles. The van der Waals surface area contributed by atoms with Crippen molar-refractivity contribution < 1.29 is 19.1 Å². The predicted octanol–water partition coefficient (Wildman–Crippen LogP) is 5.12. The maximum absolute atomic E-state index is 13.6. The first-order valence-electron chi connectivity index (χ1n) is 12.0. The van der Waals surface area contributed by atoms with Crippen LogP contribution in [0.15, 0.2) is 66.7 Å². The highest BCUT2D eigenvalue weighted by Gasteiger charge is 2.30. The monoisotopic (exact) mass is 508 g/mol. The van der Waals surface area contributed by atoms with Crippen LogP contribution in [0.5, 0.6) is 11.5 Å². The van der Waals surface area contributed by atoms with Gasteiger partial charge in [-0.25, -0.2) is 0 Å². The smallest absolute Gasteiger partial charge is 0.261 e. The van der Waals surface area contributed by atoms with Gasteiger partial charge in [0.05, 0.1) is 7.11 Å². The third kappa shape index (κ3) is 7.25. The summed E-state index contributed by atoms with van der Waals surface area (Å²) in [5.74, 6) is 0.730. The summed E-state index contributed by atoms with van der Waals surface area (Å²) in [5.41, 5.74) is 3.55. The van der Waals surface area contributed by atoms with Gasteiger partial charge in [-0.15, -0.1) is 0 Å². The lowest BCUT2D eigenvalue weighted by Gasteiger charge is -2.31. The number of carbonyl (C=O) groups excluding carboxylic acids is 2. The van der Waals surface area contributed by atoms with Crippen molar-refractivity contribution in [1.82, 2.24) is 10.2 Å². The quantitative estimate of drug-likeness (QED) is 0.390. The number of nitrogens with zero attached hydrogens (tertiary/aromatic N) is 1. The van der Waals surface area contributed by atoms with Gasteiger partial charge in [-0.2, -0.15) is 0 Å². The molecule has 2 amide bonds. The van der Waals surface area contributed by atoms with E-state index in [-0.39, 0.29) is 25.0 Å². The van der Waals surface area contributed by atoms with Gasteiger partial charge < -0.3 is 19.7 Å². The summed E-state index contributed by atoms with van der Waals surface area (Å²) in [7, 11) is 1.60. The fraction of sp³-hybridized carbons (Fsp3) is 0.310. The van der Waals surface area contributed by atoms with Gasteiger partial charge in [0.2, 0.25) is 5.91 Å². The summed E-state index contributed by atoms with van der Waals surface area (Å²) in [6, 6.07) is 20.1. The molecule has 0 unspecified atom stereocenters. The minimum Gasteiger partial charge on any atom is -0.497 e. The van der Waals surface area contributed by atoms with Crippen LogP contribution < -0.4 is 14.8 Å². The number of nitrogens with one attached hydrogen (secondary N) is 1. The molecule has 0 saturated carbocycles. The standard InChI is InChI=1S/C29H33ClN2O4/c1-5-31-29(34)26(17-22-10-7-6-8-11-22)32(18-23-12-9-13-24(16-23)35-4)27(33)19-36-25-14-20(2)28(30)21(3)15-25/h6-16,26H,5,17-19H2,1-4H3,(H,31,34)/t26-/m1/s1. The van der Waals surface area contributed by atoms with Gasteiger partial charge in [0.15, 0.2) is 6.61 Å². The van der Waals surface area contributed by atoms with E-state index in [0.717, 1.165) is 22.3 Å². The Morgan fingerprint density at radius 1 is 0.944 bits per heavy atom. The van der Waals surface area contributed by atoms with Gasteiger partial charge in [0, 0.05) is 24.5 Å². The minimum atomic E-state index is -0.719. The molecule has 1 atom stereocenters. The number of halogens is 1. The third-order valence-corrected chi connectivity index (χ3v) is 6.48. The van der Waals surface area contributed by atoms with Crippen molar-refractivity contribution in [2.45, 2.75) is 39.8 Å². The molecule has 0 radical (unpaired) electrons. The highest BCUT2D eigenvalue weighted by atomic mass is 35.5. The van der Waals surface area contributed by atoms with Crippen LogP contribution in [0.3, 0.4) is 0 Å². The van der Waals surface area contributed by atoms with Crippen molar-refractivity contribution in [3.05, 3.63) is 94.0 Å². The molecule has 3 aromatic carbocycles. The van der Waals surface area contributed by atoms with Crippen molar-refractivity contribution in [2.24, 2.45) is 0 Å². The van der Waals surface area contributed by atoms with Gasteiger partial charge in [0.1, 0.15) is 17.5 Å². The summed E-state index contributed by atoms with van der Waals surface area (Å²) >= 11 is 6.28. The number of hydrogen-bond acceptors (Lipinski definition) is 4. The number of likely N-dealkylation sites (N-methyl/N-ethyl adjacent to an activating group) is 1. The van der Waals surface area contributed by atoms with Gasteiger partial charge in [-0.3, -0.25) is 9.59 Å². The molecule has 0 spiro atoms. The van der Waals surface area contributed by atoms with Gasteiger partial charge in [0.25, 0.3) is 5.91 Å². The van der Waals surface area contributed by atoms with E-state index in [9.17, 15) is 9.59 Å². The highest BCUT2D eigenvalue weighted by molar-refractivity contribution is 6.32. The number of rotatable bonds is 11. The molecule has 6 nitrogen and oxygen atoms in total. The number of carbonyl (C=O) groups is 2. The second kappa shape index (κ2) is 13.0. The molecule has 0 fully saturated rings. The molecule has 1 N–H and O–H groups in total. The normalized spacial score (nSPS) is 11.5. The average molecular weight is 509 g/mol. The van der Waals surface area contributed by atoms with Crippen molar-refractivity contribution >= 4 is 23.4 Å². The van der Waals surface area contributed by atoms with Crippen LogP contribution in [0.25, 0.3) is 0 Å². The Balaban J connectivity index is 1.91. The molecular weight excluding hydrogens is 476 g/mol. The number of methoxy groups -OCH3 is 1. The van der Waals surface area contributed by atoms with E-state index in [1.807, 2.05) is 75.4 Å². The van der Waals surface area contributed by atoms with E-state index in [1.54, 1.807) is 24.1 Å². The Kier molecular flexibility index (Phi) is 9.77. The lowest BCUT2D eigenvalue weighted by molar-refractivity contribution is -0.142. The molecule has 7 heteroatoms. The largest absolute Gasteiger partial charge is 0.497 e. The first-order valence-corrected chi connectivity index (χ1v) is 12.3. The van der Waals surface area contributed by atoms with E-state index in [2.05, 4.69) is 5.32 Å². The summed E-state index contributed by atoms with van der Waals surface area (Å²) < 4.78 is 11.2. The van der Waals surface area contributed by atoms with Crippen LogP contribution in [0, 0.1) is 13.8 Å². The Morgan fingerprint density at radius 3 is 2.25 bits per heavy atom. The second-order valence-corrected chi connectivity index (χ2v) is 9.01. The van der Waals surface area contributed by atoms with Crippen LogP contribution >= 0.6 is 11.6 Å². The van der Waals surface area contributed by atoms with Crippen LogP contribution in [-0.4, -0.2) is 43.0 Å². The Bertz CT molecular complexity index is 1160. The molecule has 3 rings (SSSR count). The van der Waals surface area contributed by atoms with E-state index in [0.29, 0.717) is 29.5 Å². The molecule has 0 aliphatic carbocycles. The SMILES string of the molecule is CCNC(=O)[C@@H](Cc1ccccc1)N(Cc1cccc(OC)c1)C(=O)COc1cc(C)c(Cl)c(C)c1. The van der Waals surface area contributed by atoms with Crippen molar-refractivity contribution in [2.75, 3.05) is 20.3 Å². The lowest BCUT2D eigenvalue weighted by Crippen LogP contribution is -2.51. The average Bonchev–Trinajstić information content (AvgIpc) is 2.88. The Labute approximate surface area is 218 Å². The summed E-state index contributed by atoms with van der Waals surface area (Å²) in [6.45, 7) is 6.13. The third-order valence-electron chi connectivity index (χ3n) is 5.88. The van der Waals surface area contributed by atoms with Crippen LogP contribution in [-0.2, 0) is 22.6 Å². The fourth-order valence-electron chi connectivity index (χ4n) is 4.03. The van der Waals surface area contributed by atoms with E-state index in [1.165, 1.54) is 0 Å². The van der Waals surface area contributed by atoms with Crippen LogP contribution in [0.2, 0.25) is 5.02 Å². The zero-order valence-electron chi connectivity index (χ0n) is 21.2. The maximum atomic E-state index is 13.6. The second-order valence-electron chi connectivity index (χ2n) is 8.63. The number of benzene rings is 3.